The summed E-state index contributed by atoms with van der Waals surface area (Å²) in [5, 5.41) is 19.9. The number of hydrogen-bond donors (Lipinski definition) is 0. The van der Waals surface area contributed by atoms with Crippen LogP contribution in [0, 0.1) is 11.3 Å². The molecule has 5 heteroatoms. The molecule has 0 saturated heterocycles. The maximum absolute atomic E-state index is 9.14. The van der Waals surface area contributed by atoms with Gasteiger partial charge < -0.3 is 4.57 Å². The summed E-state index contributed by atoms with van der Waals surface area (Å²) in [5.74, 6) is 0. The Kier molecular flexibility index (Phi) is 2.94. The number of rotatable bonds is 2. The lowest BCUT2D eigenvalue weighted by atomic mass is 10.1. The molecule has 92 valence electrons. The highest BCUT2D eigenvalue weighted by Crippen LogP contribution is 2.33. The van der Waals surface area contributed by atoms with Crippen molar-refractivity contribution in [2.45, 2.75) is 10.1 Å². The van der Waals surface area contributed by atoms with Crippen LogP contribution in [0.25, 0.3) is 10.8 Å². The quantitative estimate of drug-likeness (QED) is 0.715. The molecule has 3 aromatic rings. The molecule has 0 spiro atoms. The number of aromatic nitrogens is 3. The third kappa shape index (κ3) is 2.07. The van der Waals surface area contributed by atoms with Gasteiger partial charge >= 0.3 is 0 Å². The average Bonchev–Trinajstić information content (AvgIpc) is 2.85. The van der Waals surface area contributed by atoms with Crippen molar-refractivity contribution in [2.75, 3.05) is 0 Å². The Morgan fingerprint density at radius 3 is 2.63 bits per heavy atom. The molecule has 0 aliphatic carbocycles. The molecule has 1 aromatic heterocycles. The highest BCUT2D eigenvalue weighted by atomic mass is 32.2. The van der Waals surface area contributed by atoms with Crippen molar-refractivity contribution in [2.24, 2.45) is 7.05 Å². The van der Waals surface area contributed by atoms with Gasteiger partial charge in [0.15, 0.2) is 5.16 Å². The van der Waals surface area contributed by atoms with Crippen LogP contribution in [0.15, 0.2) is 52.8 Å². The normalized spacial score (nSPS) is 10.5. The fraction of sp³-hybridized carbons (Fsp3) is 0.0714. The average molecular weight is 266 g/mol. The molecule has 1 heterocycles. The van der Waals surface area contributed by atoms with Gasteiger partial charge in [0, 0.05) is 17.3 Å². The van der Waals surface area contributed by atoms with Crippen LogP contribution in [0.3, 0.4) is 0 Å². The van der Waals surface area contributed by atoms with Crippen LogP contribution >= 0.6 is 11.8 Å². The topological polar surface area (TPSA) is 54.5 Å². The van der Waals surface area contributed by atoms with Gasteiger partial charge in [0.05, 0.1) is 11.6 Å². The second-order valence-corrected chi connectivity index (χ2v) is 5.10. The van der Waals surface area contributed by atoms with Gasteiger partial charge in [0.25, 0.3) is 0 Å². The molecule has 0 aliphatic heterocycles. The van der Waals surface area contributed by atoms with Crippen molar-refractivity contribution in [1.82, 2.24) is 14.8 Å². The van der Waals surface area contributed by atoms with Crippen molar-refractivity contribution in [3.8, 4) is 6.07 Å². The molecule has 3 rings (SSSR count). The molecular formula is C14H10N4S. The summed E-state index contributed by atoms with van der Waals surface area (Å²) in [4.78, 5) is 1.07. The van der Waals surface area contributed by atoms with Crippen LogP contribution in [0.2, 0.25) is 0 Å². The van der Waals surface area contributed by atoms with E-state index in [1.54, 1.807) is 18.1 Å². The van der Waals surface area contributed by atoms with Crippen molar-refractivity contribution in [3.05, 3.63) is 48.3 Å². The smallest absolute Gasteiger partial charge is 0.195 e. The maximum Gasteiger partial charge on any atom is 0.195 e. The Morgan fingerprint density at radius 2 is 1.95 bits per heavy atom. The Bertz CT molecular complexity index is 785. The van der Waals surface area contributed by atoms with Gasteiger partial charge in [-0.2, -0.15) is 5.26 Å². The van der Waals surface area contributed by atoms with Crippen molar-refractivity contribution >= 4 is 22.5 Å². The first-order chi connectivity index (χ1) is 9.29. The molecule has 0 atom stereocenters. The molecule has 0 bridgehead atoms. The van der Waals surface area contributed by atoms with Gasteiger partial charge in [-0.1, -0.05) is 24.3 Å². The molecule has 4 nitrogen and oxygen atoms in total. The number of nitrogens with zero attached hydrogens (tertiary/aromatic N) is 4. The first-order valence-corrected chi connectivity index (χ1v) is 6.55. The minimum Gasteiger partial charge on any atom is -0.311 e. The van der Waals surface area contributed by atoms with Crippen molar-refractivity contribution in [1.29, 1.82) is 5.26 Å². The van der Waals surface area contributed by atoms with E-state index in [1.807, 2.05) is 48.0 Å². The first kappa shape index (κ1) is 11.8. The van der Waals surface area contributed by atoms with Crippen LogP contribution in [0.4, 0.5) is 0 Å². The molecule has 0 saturated carbocycles. The number of fused-ring (bicyclic) bond motifs is 1. The summed E-state index contributed by atoms with van der Waals surface area (Å²) in [6, 6.07) is 13.9. The number of nitriles is 1. The second kappa shape index (κ2) is 4.75. The molecule has 2 aromatic carbocycles. The highest BCUT2D eigenvalue weighted by molar-refractivity contribution is 7.99. The number of benzene rings is 2. The van der Waals surface area contributed by atoms with E-state index in [0.29, 0.717) is 5.56 Å². The fourth-order valence-electron chi connectivity index (χ4n) is 1.92. The SMILES string of the molecule is Cn1cnnc1Sc1ccc(C#N)c2ccccc12. The lowest BCUT2D eigenvalue weighted by Gasteiger charge is -2.06. The first-order valence-electron chi connectivity index (χ1n) is 5.73. The lowest BCUT2D eigenvalue weighted by Crippen LogP contribution is -1.89. The van der Waals surface area contributed by atoms with E-state index in [0.717, 1.165) is 20.8 Å². The Labute approximate surface area is 114 Å². The van der Waals surface area contributed by atoms with Gasteiger partial charge in [-0.05, 0) is 29.3 Å². The molecule has 0 radical (unpaired) electrons. The predicted octanol–water partition coefficient (Wildman–Crippen LogP) is 2.99. The van der Waals surface area contributed by atoms with Gasteiger partial charge in [0.2, 0.25) is 0 Å². The van der Waals surface area contributed by atoms with Crippen LogP contribution in [-0.2, 0) is 7.05 Å². The Hall–Kier alpha value is -2.32. The Balaban J connectivity index is 2.15. The Morgan fingerprint density at radius 1 is 1.16 bits per heavy atom. The minimum absolute atomic E-state index is 0.693. The van der Waals surface area contributed by atoms with Crippen LogP contribution < -0.4 is 0 Å². The van der Waals surface area contributed by atoms with E-state index < -0.39 is 0 Å². The van der Waals surface area contributed by atoms with E-state index in [9.17, 15) is 0 Å². The molecule has 19 heavy (non-hydrogen) atoms. The van der Waals surface area contributed by atoms with Gasteiger partial charge in [-0.15, -0.1) is 10.2 Å². The summed E-state index contributed by atoms with van der Waals surface area (Å²) in [7, 11) is 1.91. The van der Waals surface area contributed by atoms with Crippen LogP contribution in [0.5, 0.6) is 0 Å². The summed E-state index contributed by atoms with van der Waals surface area (Å²) in [5.41, 5.74) is 0.693. The maximum atomic E-state index is 9.14. The summed E-state index contributed by atoms with van der Waals surface area (Å²) in [6.45, 7) is 0. The van der Waals surface area contributed by atoms with Gasteiger partial charge in [0.1, 0.15) is 6.33 Å². The van der Waals surface area contributed by atoms with Gasteiger partial charge in [-0.25, -0.2) is 0 Å². The highest BCUT2D eigenvalue weighted by Gasteiger charge is 2.09. The van der Waals surface area contributed by atoms with Crippen molar-refractivity contribution < 1.29 is 0 Å². The largest absolute Gasteiger partial charge is 0.311 e. The third-order valence-electron chi connectivity index (χ3n) is 2.88. The fourth-order valence-corrected chi connectivity index (χ4v) is 2.82. The monoisotopic (exact) mass is 266 g/mol. The third-order valence-corrected chi connectivity index (χ3v) is 4.00. The molecule has 0 fully saturated rings. The summed E-state index contributed by atoms with van der Waals surface area (Å²) in [6.07, 6.45) is 1.67. The minimum atomic E-state index is 0.693. The molecular weight excluding hydrogens is 256 g/mol. The van der Waals surface area contributed by atoms with Crippen molar-refractivity contribution in [3.63, 3.8) is 0 Å². The lowest BCUT2D eigenvalue weighted by molar-refractivity contribution is 0.789. The molecule has 0 aliphatic rings. The van der Waals surface area contributed by atoms with E-state index in [2.05, 4.69) is 16.3 Å². The molecule has 0 N–H and O–H groups in total. The van der Waals surface area contributed by atoms with E-state index in [1.165, 1.54) is 0 Å². The van der Waals surface area contributed by atoms with Crippen LogP contribution in [-0.4, -0.2) is 14.8 Å². The second-order valence-electron chi connectivity index (χ2n) is 4.10. The number of aryl methyl sites for hydroxylation is 1. The summed E-state index contributed by atoms with van der Waals surface area (Å²) >= 11 is 1.55. The zero-order valence-electron chi connectivity index (χ0n) is 10.2. The summed E-state index contributed by atoms with van der Waals surface area (Å²) < 4.78 is 1.87. The van der Waals surface area contributed by atoms with E-state index in [4.69, 9.17) is 5.26 Å². The van der Waals surface area contributed by atoms with Crippen LogP contribution in [0.1, 0.15) is 5.56 Å². The standard InChI is InChI=1S/C14H10N4S/c1-18-9-16-17-14(18)19-13-7-6-10(8-15)11-4-2-3-5-12(11)13/h2-7,9H,1H3. The predicted molar refractivity (Wildman–Crippen MR) is 73.8 cm³/mol. The number of hydrogen-bond acceptors (Lipinski definition) is 4. The molecule has 0 unspecified atom stereocenters. The van der Waals surface area contributed by atoms with E-state index in [-0.39, 0.29) is 0 Å². The van der Waals surface area contributed by atoms with E-state index >= 15 is 0 Å². The van der Waals surface area contributed by atoms with Gasteiger partial charge in [-0.3, -0.25) is 0 Å². The molecule has 0 amide bonds. The zero-order chi connectivity index (χ0) is 13.2. The zero-order valence-corrected chi connectivity index (χ0v) is 11.1.